The number of nitrogens with two attached hydrogens (primary N) is 1. The summed E-state index contributed by atoms with van der Waals surface area (Å²) in [5, 5.41) is 9.12. The molecule has 7 nitrogen and oxygen atoms in total. The van der Waals surface area contributed by atoms with Crippen molar-refractivity contribution in [3.63, 3.8) is 0 Å². The molecule has 0 atom stereocenters. The number of piperidine rings is 1. The fourth-order valence-corrected chi connectivity index (χ4v) is 6.06. The van der Waals surface area contributed by atoms with Crippen molar-refractivity contribution in [2.24, 2.45) is 5.73 Å². The molecule has 0 spiro atoms. The number of carbonyl (C=O) groups is 2. The molecule has 11 heteroatoms. The molecule has 1 fully saturated rings. The van der Waals surface area contributed by atoms with E-state index in [0.29, 0.717) is 28.0 Å². The van der Waals surface area contributed by atoms with Gasteiger partial charge in [-0.3, -0.25) is 14.5 Å². The van der Waals surface area contributed by atoms with E-state index >= 15 is 0 Å². The zero-order valence-corrected chi connectivity index (χ0v) is 23.4. The molecule has 0 unspecified atom stereocenters. The van der Waals surface area contributed by atoms with Gasteiger partial charge in [0.2, 0.25) is 11.8 Å². The van der Waals surface area contributed by atoms with Crippen LogP contribution in [0.25, 0.3) is 11.3 Å². The van der Waals surface area contributed by atoms with E-state index in [9.17, 15) is 9.59 Å². The fraction of sp³-hybridized carbons (Fsp3) is 0.346. The molecule has 1 aliphatic rings. The van der Waals surface area contributed by atoms with Crippen molar-refractivity contribution in [2.45, 2.75) is 36.2 Å². The lowest BCUT2D eigenvalue weighted by Gasteiger charge is -2.32. The summed E-state index contributed by atoms with van der Waals surface area (Å²) >= 11 is 15.1. The molecule has 0 radical (unpaired) electrons. The van der Waals surface area contributed by atoms with Crippen molar-refractivity contribution in [1.29, 1.82) is 0 Å². The number of amides is 2. The Morgan fingerprint density at radius 1 is 1.11 bits per heavy atom. The number of carbonyl (C=O) groups excluding carboxylic acids is 2. The standard InChI is InChI=1S/C26H29Cl2N5O2S2/c27-21-5-4-17(12-22(21)28)14-33-10-7-19(8-11-33)30-25(35)16-37-26-32-23(15-36-26)18-2-1-3-20(13-18)31-24(34)6-9-29/h1-5,12-13,15,19H,6-11,14,16,29H2,(H,30,35)(H,31,34). The number of thioether (sulfide) groups is 1. The lowest BCUT2D eigenvalue weighted by atomic mass is 10.0. The molecule has 1 saturated heterocycles. The molecule has 0 saturated carbocycles. The zero-order valence-electron chi connectivity index (χ0n) is 20.2. The molecule has 2 heterocycles. The van der Waals surface area contributed by atoms with E-state index < -0.39 is 0 Å². The highest BCUT2D eigenvalue weighted by molar-refractivity contribution is 8.01. The van der Waals surface area contributed by atoms with Crippen LogP contribution >= 0.6 is 46.3 Å². The van der Waals surface area contributed by atoms with Gasteiger partial charge >= 0.3 is 0 Å². The van der Waals surface area contributed by atoms with Crippen LogP contribution in [-0.2, 0) is 16.1 Å². The number of nitrogens with one attached hydrogen (secondary N) is 2. The van der Waals surface area contributed by atoms with Crippen LogP contribution in [0.3, 0.4) is 0 Å². The molecule has 2 aromatic carbocycles. The van der Waals surface area contributed by atoms with Crippen molar-refractivity contribution in [1.82, 2.24) is 15.2 Å². The number of likely N-dealkylation sites (tertiary alicyclic amines) is 1. The molecule has 4 N–H and O–H groups in total. The van der Waals surface area contributed by atoms with Gasteiger partial charge in [0.25, 0.3) is 0 Å². The Labute approximate surface area is 235 Å². The zero-order chi connectivity index (χ0) is 26.2. The Balaban J connectivity index is 1.20. The van der Waals surface area contributed by atoms with Crippen LogP contribution in [0, 0.1) is 0 Å². The van der Waals surface area contributed by atoms with E-state index in [1.54, 1.807) is 0 Å². The lowest BCUT2D eigenvalue weighted by Crippen LogP contribution is -2.44. The second-order valence-electron chi connectivity index (χ2n) is 8.82. The minimum absolute atomic E-state index is 0.0225. The highest BCUT2D eigenvalue weighted by atomic mass is 35.5. The maximum atomic E-state index is 12.6. The topological polar surface area (TPSA) is 100 Å². The van der Waals surface area contributed by atoms with Crippen LogP contribution in [-0.4, -0.2) is 53.1 Å². The fourth-order valence-electron chi connectivity index (χ4n) is 4.10. The molecular weight excluding hydrogens is 549 g/mol. The summed E-state index contributed by atoms with van der Waals surface area (Å²) in [6.45, 7) is 2.97. The van der Waals surface area contributed by atoms with E-state index in [1.165, 1.54) is 23.1 Å². The van der Waals surface area contributed by atoms with Gasteiger partial charge in [0.05, 0.1) is 21.5 Å². The van der Waals surface area contributed by atoms with Crippen LogP contribution in [0.5, 0.6) is 0 Å². The summed E-state index contributed by atoms with van der Waals surface area (Å²) in [7, 11) is 0. The third-order valence-electron chi connectivity index (χ3n) is 5.97. The van der Waals surface area contributed by atoms with Gasteiger partial charge in [-0.25, -0.2) is 4.98 Å². The molecule has 0 bridgehead atoms. The van der Waals surface area contributed by atoms with Crippen molar-refractivity contribution in [2.75, 3.05) is 30.7 Å². The number of halogens is 2. The Kier molecular flexibility index (Phi) is 10.2. The van der Waals surface area contributed by atoms with Crippen molar-refractivity contribution < 1.29 is 9.59 Å². The first-order valence-electron chi connectivity index (χ1n) is 12.0. The SMILES string of the molecule is NCCC(=O)Nc1cccc(-c2csc(SCC(=O)NC3CCN(Cc4ccc(Cl)c(Cl)c4)CC3)n2)c1. The smallest absolute Gasteiger partial charge is 0.230 e. The van der Waals surface area contributed by atoms with Gasteiger partial charge in [0.1, 0.15) is 0 Å². The summed E-state index contributed by atoms with van der Waals surface area (Å²) in [4.78, 5) is 31.4. The molecule has 0 aliphatic carbocycles. The Morgan fingerprint density at radius 3 is 2.68 bits per heavy atom. The van der Waals surface area contributed by atoms with E-state index in [2.05, 4.69) is 20.5 Å². The van der Waals surface area contributed by atoms with Crippen molar-refractivity contribution in [3.8, 4) is 11.3 Å². The number of nitrogens with zero attached hydrogens (tertiary/aromatic N) is 2. The van der Waals surface area contributed by atoms with Gasteiger partial charge in [0.15, 0.2) is 4.34 Å². The highest BCUT2D eigenvalue weighted by Crippen LogP contribution is 2.30. The molecule has 3 aromatic rings. The highest BCUT2D eigenvalue weighted by Gasteiger charge is 2.21. The van der Waals surface area contributed by atoms with E-state index in [0.717, 1.165) is 53.6 Å². The maximum absolute atomic E-state index is 12.6. The quantitative estimate of drug-likeness (QED) is 0.283. The molecule has 2 amide bonds. The largest absolute Gasteiger partial charge is 0.353 e. The predicted octanol–water partition coefficient (Wildman–Crippen LogP) is 5.28. The third-order valence-corrected chi connectivity index (χ3v) is 8.73. The van der Waals surface area contributed by atoms with Crippen LogP contribution in [0.4, 0.5) is 5.69 Å². The van der Waals surface area contributed by atoms with Gasteiger partial charge in [-0.1, -0.05) is 53.2 Å². The van der Waals surface area contributed by atoms with E-state index in [4.69, 9.17) is 28.9 Å². The van der Waals surface area contributed by atoms with Gasteiger partial charge in [-0.15, -0.1) is 11.3 Å². The van der Waals surface area contributed by atoms with Gasteiger partial charge in [-0.2, -0.15) is 0 Å². The van der Waals surface area contributed by atoms with Gasteiger partial charge in [0, 0.05) is 55.3 Å². The lowest BCUT2D eigenvalue weighted by molar-refractivity contribution is -0.119. The second kappa shape index (κ2) is 13.6. The first-order valence-corrected chi connectivity index (χ1v) is 14.7. The molecule has 37 heavy (non-hydrogen) atoms. The number of benzene rings is 2. The molecular formula is C26H29Cl2N5O2S2. The maximum Gasteiger partial charge on any atom is 0.230 e. The number of rotatable bonds is 10. The summed E-state index contributed by atoms with van der Waals surface area (Å²) in [5.41, 5.74) is 9.01. The summed E-state index contributed by atoms with van der Waals surface area (Å²) in [6, 6.07) is 13.5. The minimum Gasteiger partial charge on any atom is -0.353 e. The Hall–Kier alpha value is -2.14. The van der Waals surface area contributed by atoms with E-state index in [1.807, 2.05) is 47.8 Å². The van der Waals surface area contributed by atoms with Crippen molar-refractivity contribution in [3.05, 3.63) is 63.5 Å². The Morgan fingerprint density at radius 2 is 1.92 bits per heavy atom. The van der Waals surface area contributed by atoms with Gasteiger partial charge < -0.3 is 16.4 Å². The number of hydrogen-bond donors (Lipinski definition) is 3. The normalized spacial score (nSPS) is 14.5. The number of thiazole rings is 1. The summed E-state index contributed by atoms with van der Waals surface area (Å²) < 4.78 is 0.833. The van der Waals surface area contributed by atoms with Crippen LogP contribution in [0.2, 0.25) is 10.0 Å². The molecule has 196 valence electrons. The van der Waals surface area contributed by atoms with Gasteiger partial charge in [-0.05, 0) is 42.7 Å². The molecule has 4 rings (SSSR count). The van der Waals surface area contributed by atoms with Crippen molar-refractivity contribution >= 4 is 63.8 Å². The summed E-state index contributed by atoms with van der Waals surface area (Å²) in [5.74, 6) is 0.234. The average molecular weight is 579 g/mol. The van der Waals surface area contributed by atoms with Crippen LogP contribution < -0.4 is 16.4 Å². The first-order chi connectivity index (χ1) is 17.9. The predicted molar refractivity (Wildman–Crippen MR) is 153 cm³/mol. The van der Waals surface area contributed by atoms with Crippen LogP contribution in [0.15, 0.2) is 52.2 Å². The summed E-state index contributed by atoms with van der Waals surface area (Å²) in [6.07, 6.45) is 2.11. The monoisotopic (exact) mass is 577 g/mol. The Bertz CT molecular complexity index is 1230. The first kappa shape index (κ1) is 27.9. The third kappa shape index (κ3) is 8.43. The minimum atomic E-state index is -0.114. The van der Waals surface area contributed by atoms with Crippen LogP contribution in [0.1, 0.15) is 24.8 Å². The van der Waals surface area contributed by atoms with E-state index in [-0.39, 0.29) is 24.3 Å². The number of aromatic nitrogens is 1. The molecule has 1 aromatic heterocycles. The average Bonchev–Trinajstić information content (AvgIpc) is 3.36. The number of anilines is 1. The molecule has 1 aliphatic heterocycles. The number of hydrogen-bond acceptors (Lipinski definition) is 7. The second-order valence-corrected chi connectivity index (χ2v) is 11.7.